The minimum Gasteiger partial charge on any atom is -0.478 e. The van der Waals surface area contributed by atoms with Gasteiger partial charge in [0.15, 0.2) is 0 Å². The van der Waals surface area contributed by atoms with Crippen LogP contribution in [0.4, 0.5) is 0 Å². The fourth-order valence-corrected chi connectivity index (χ4v) is 3.12. The molecule has 0 saturated heterocycles. The lowest BCUT2D eigenvalue weighted by atomic mass is 10.1. The zero-order chi connectivity index (χ0) is 15.1. The summed E-state index contributed by atoms with van der Waals surface area (Å²) in [5.74, 6) is 0.178. The largest absolute Gasteiger partial charge is 0.478 e. The van der Waals surface area contributed by atoms with Crippen LogP contribution in [0.25, 0.3) is 0 Å². The molecule has 3 rings (SSSR count). The van der Waals surface area contributed by atoms with E-state index in [-0.39, 0.29) is 11.5 Å². The number of rotatable bonds is 5. The van der Waals surface area contributed by atoms with E-state index in [1.165, 1.54) is 37.8 Å². The molecule has 21 heavy (non-hydrogen) atoms. The molecule has 5 nitrogen and oxygen atoms in total. The zero-order valence-corrected chi connectivity index (χ0v) is 12.4. The highest BCUT2D eigenvalue weighted by atomic mass is 16.4. The number of carbonyl (C=O) groups excluding carboxylic acids is 1. The average molecular weight is 288 g/mol. The van der Waals surface area contributed by atoms with Gasteiger partial charge in [-0.3, -0.25) is 4.79 Å². The van der Waals surface area contributed by atoms with Gasteiger partial charge in [-0.05, 0) is 56.6 Å². The molecule has 1 aromatic heterocycles. The fraction of sp³-hybridized carbons (Fsp3) is 0.562. The van der Waals surface area contributed by atoms with Crippen molar-refractivity contribution in [1.29, 1.82) is 0 Å². The Morgan fingerprint density at radius 2 is 1.81 bits per heavy atom. The molecule has 1 amide bonds. The SMILES string of the molecule is Cc1nc(C(=O)N(C)C(C2CC2)C2CC2)ccc1C(=O)O. The summed E-state index contributed by atoms with van der Waals surface area (Å²) < 4.78 is 0. The average Bonchev–Trinajstić information content (AvgIpc) is 3.31. The molecule has 0 aromatic carbocycles. The third-order valence-corrected chi connectivity index (χ3v) is 4.51. The molecule has 0 atom stereocenters. The van der Waals surface area contributed by atoms with Crippen molar-refractivity contribution >= 4 is 11.9 Å². The monoisotopic (exact) mass is 288 g/mol. The van der Waals surface area contributed by atoms with Gasteiger partial charge >= 0.3 is 5.97 Å². The molecule has 0 unspecified atom stereocenters. The van der Waals surface area contributed by atoms with Crippen LogP contribution in [0, 0.1) is 18.8 Å². The van der Waals surface area contributed by atoms with Crippen LogP contribution in [0.2, 0.25) is 0 Å². The summed E-state index contributed by atoms with van der Waals surface area (Å²) >= 11 is 0. The first-order valence-electron chi connectivity index (χ1n) is 7.47. The number of carbonyl (C=O) groups is 2. The molecule has 2 aliphatic rings. The number of aryl methyl sites for hydroxylation is 1. The van der Waals surface area contributed by atoms with Gasteiger partial charge in [0.1, 0.15) is 5.69 Å². The molecule has 1 aromatic rings. The number of carboxylic acids is 1. The number of aromatic carboxylic acids is 1. The second kappa shape index (κ2) is 5.13. The van der Waals surface area contributed by atoms with E-state index in [0.29, 0.717) is 29.3 Å². The van der Waals surface area contributed by atoms with E-state index in [1.807, 2.05) is 11.9 Å². The lowest BCUT2D eigenvalue weighted by Gasteiger charge is -2.28. The lowest BCUT2D eigenvalue weighted by Crippen LogP contribution is -2.40. The fourth-order valence-electron chi connectivity index (χ4n) is 3.12. The molecule has 1 N–H and O–H groups in total. The molecule has 2 fully saturated rings. The van der Waals surface area contributed by atoms with E-state index in [4.69, 9.17) is 5.11 Å². The number of hydrogen-bond acceptors (Lipinski definition) is 3. The predicted octanol–water partition coefficient (Wildman–Crippen LogP) is 2.35. The molecule has 1 heterocycles. The Balaban J connectivity index is 1.80. The van der Waals surface area contributed by atoms with Gasteiger partial charge in [0, 0.05) is 13.1 Å². The summed E-state index contributed by atoms with van der Waals surface area (Å²) in [6, 6.07) is 3.32. The highest BCUT2D eigenvalue weighted by Crippen LogP contribution is 2.47. The Morgan fingerprint density at radius 3 is 2.24 bits per heavy atom. The molecule has 0 bridgehead atoms. The number of hydrogen-bond donors (Lipinski definition) is 1. The molecule has 5 heteroatoms. The van der Waals surface area contributed by atoms with E-state index in [2.05, 4.69) is 4.98 Å². The maximum atomic E-state index is 12.6. The number of carboxylic acid groups (broad SMARTS) is 1. The van der Waals surface area contributed by atoms with Crippen LogP contribution in [0.3, 0.4) is 0 Å². The van der Waals surface area contributed by atoms with Gasteiger partial charge in [-0.1, -0.05) is 0 Å². The van der Waals surface area contributed by atoms with E-state index in [9.17, 15) is 9.59 Å². The Labute approximate surface area is 124 Å². The Bertz CT molecular complexity index is 579. The quantitative estimate of drug-likeness (QED) is 0.903. The van der Waals surface area contributed by atoms with Crippen molar-refractivity contribution in [3.05, 3.63) is 29.1 Å². The molecule has 2 aliphatic carbocycles. The minimum atomic E-state index is -1.01. The smallest absolute Gasteiger partial charge is 0.337 e. The van der Waals surface area contributed by atoms with E-state index >= 15 is 0 Å². The first-order valence-corrected chi connectivity index (χ1v) is 7.47. The van der Waals surface area contributed by atoms with E-state index in [0.717, 1.165) is 0 Å². The van der Waals surface area contributed by atoms with Gasteiger partial charge in [0.25, 0.3) is 5.91 Å². The molecular formula is C16H20N2O3. The maximum Gasteiger partial charge on any atom is 0.337 e. The van der Waals surface area contributed by atoms with Gasteiger partial charge in [-0.25, -0.2) is 9.78 Å². The molecule has 0 aliphatic heterocycles. The second-order valence-corrected chi connectivity index (χ2v) is 6.22. The van der Waals surface area contributed by atoms with Gasteiger partial charge in [-0.15, -0.1) is 0 Å². The van der Waals surface area contributed by atoms with Crippen LogP contribution in [0.15, 0.2) is 12.1 Å². The molecule has 0 spiro atoms. The Kier molecular flexibility index (Phi) is 3.43. The van der Waals surface area contributed by atoms with Crippen molar-refractivity contribution in [2.75, 3.05) is 7.05 Å². The van der Waals surface area contributed by atoms with E-state index < -0.39 is 5.97 Å². The Morgan fingerprint density at radius 1 is 1.24 bits per heavy atom. The number of amides is 1. The first kappa shape index (κ1) is 14.0. The highest BCUT2D eigenvalue weighted by Gasteiger charge is 2.45. The number of nitrogens with zero attached hydrogens (tertiary/aromatic N) is 2. The van der Waals surface area contributed by atoms with Crippen molar-refractivity contribution in [3.63, 3.8) is 0 Å². The minimum absolute atomic E-state index is 0.0983. The normalized spacial score (nSPS) is 17.9. The van der Waals surface area contributed by atoms with Gasteiger partial charge in [-0.2, -0.15) is 0 Å². The third kappa shape index (κ3) is 2.77. The highest BCUT2D eigenvalue weighted by molar-refractivity contribution is 5.94. The van der Waals surface area contributed by atoms with Crippen LogP contribution >= 0.6 is 0 Å². The summed E-state index contributed by atoms with van der Waals surface area (Å²) in [4.78, 5) is 29.6. The van der Waals surface area contributed by atoms with Crippen molar-refractivity contribution in [2.45, 2.75) is 38.6 Å². The predicted molar refractivity (Wildman–Crippen MR) is 77.3 cm³/mol. The summed E-state index contributed by atoms with van der Waals surface area (Å²) in [5, 5.41) is 9.02. The van der Waals surface area contributed by atoms with Crippen LogP contribution in [0.5, 0.6) is 0 Å². The van der Waals surface area contributed by atoms with Crippen LogP contribution in [-0.2, 0) is 0 Å². The van der Waals surface area contributed by atoms with Crippen LogP contribution in [-0.4, -0.2) is 40.0 Å². The zero-order valence-electron chi connectivity index (χ0n) is 12.4. The summed E-state index contributed by atoms with van der Waals surface area (Å²) in [5.41, 5.74) is 0.873. The lowest BCUT2D eigenvalue weighted by molar-refractivity contribution is 0.0673. The standard InChI is InChI=1S/C16H20N2O3/c1-9-12(16(20)21)7-8-13(17-9)15(19)18(2)14(10-3-4-10)11-5-6-11/h7-8,10-11,14H,3-6H2,1-2H3,(H,20,21). The van der Waals surface area contributed by atoms with Crippen molar-refractivity contribution < 1.29 is 14.7 Å². The van der Waals surface area contributed by atoms with Crippen LogP contribution in [0.1, 0.15) is 52.2 Å². The van der Waals surface area contributed by atoms with Crippen molar-refractivity contribution in [2.24, 2.45) is 11.8 Å². The van der Waals surface area contributed by atoms with Gasteiger partial charge in [0.05, 0.1) is 11.3 Å². The second-order valence-electron chi connectivity index (χ2n) is 6.22. The van der Waals surface area contributed by atoms with Crippen LogP contribution < -0.4 is 0 Å². The first-order chi connectivity index (χ1) is 9.99. The van der Waals surface area contributed by atoms with Gasteiger partial charge < -0.3 is 10.0 Å². The Hall–Kier alpha value is -1.91. The van der Waals surface area contributed by atoms with Crippen molar-refractivity contribution in [1.82, 2.24) is 9.88 Å². The molecule has 112 valence electrons. The van der Waals surface area contributed by atoms with Crippen molar-refractivity contribution in [3.8, 4) is 0 Å². The third-order valence-electron chi connectivity index (χ3n) is 4.51. The maximum absolute atomic E-state index is 12.6. The summed E-state index contributed by atoms with van der Waals surface area (Å²) in [7, 11) is 1.85. The number of aromatic nitrogens is 1. The van der Waals surface area contributed by atoms with E-state index in [1.54, 1.807) is 6.92 Å². The summed E-state index contributed by atoms with van der Waals surface area (Å²) in [6.07, 6.45) is 4.85. The topological polar surface area (TPSA) is 70.5 Å². The molecule has 0 radical (unpaired) electrons. The number of pyridine rings is 1. The molecule has 2 saturated carbocycles. The van der Waals surface area contributed by atoms with Gasteiger partial charge in [0.2, 0.25) is 0 Å². The molecular weight excluding hydrogens is 268 g/mol. The summed E-state index contributed by atoms with van der Waals surface area (Å²) in [6.45, 7) is 1.62.